The van der Waals surface area contributed by atoms with Gasteiger partial charge in [-0.25, -0.2) is 0 Å². The van der Waals surface area contributed by atoms with Crippen LogP contribution in [-0.2, 0) is 0 Å². The molecule has 0 saturated heterocycles. The lowest BCUT2D eigenvalue weighted by Gasteiger charge is -2.24. The van der Waals surface area contributed by atoms with E-state index >= 15 is 0 Å². The highest BCUT2D eigenvalue weighted by atomic mass is 16.3. The highest BCUT2D eigenvalue weighted by molar-refractivity contribution is 5.18. The van der Waals surface area contributed by atoms with Crippen molar-refractivity contribution >= 4 is 0 Å². The summed E-state index contributed by atoms with van der Waals surface area (Å²) < 4.78 is 23.2. The van der Waals surface area contributed by atoms with E-state index in [1.54, 1.807) is 30.3 Å². The van der Waals surface area contributed by atoms with Gasteiger partial charge in [0.2, 0.25) is 0 Å². The van der Waals surface area contributed by atoms with Gasteiger partial charge >= 0.3 is 0 Å². The summed E-state index contributed by atoms with van der Waals surface area (Å²) in [5.41, 5.74) is 0.275. The molecular formula is C12H18O2. The van der Waals surface area contributed by atoms with Crippen molar-refractivity contribution in [2.24, 2.45) is 5.92 Å². The molecule has 0 heterocycles. The second kappa shape index (κ2) is 5.13. The van der Waals surface area contributed by atoms with Crippen molar-refractivity contribution in [3.63, 3.8) is 0 Å². The summed E-state index contributed by atoms with van der Waals surface area (Å²) >= 11 is 0. The molecule has 2 N–H and O–H groups in total. The van der Waals surface area contributed by atoms with E-state index in [1.807, 2.05) is 0 Å². The molecule has 4 unspecified atom stereocenters. The molecule has 0 radical (unpaired) electrons. The number of aliphatic hydroxyl groups is 2. The molecule has 1 rings (SSSR count). The van der Waals surface area contributed by atoms with Crippen LogP contribution < -0.4 is 0 Å². The lowest BCUT2D eigenvalue weighted by molar-refractivity contribution is 0.0187. The second-order valence-electron chi connectivity index (χ2n) is 3.20. The Kier molecular flexibility index (Phi) is 2.72. The summed E-state index contributed by atoms with van der Waals surface area (Å²) in [6.07, 6.45) is -5.15. The normalized spacial score (nSPS) is 27.3. The Morgan fingerprint density at radius 1 is 1.36 bits per heavy atom. The van der Waals surface area contributed by atoms with Crippen molar-refractivity contribution in [3.8, 4) is 0 Å². The Morgan fingerprint density at radius 3 is 2.36 bits per heavy atom. The predicted octanol–water partition coefficient (Wildman–Crippen LogP) is 2.13. The van der Waals surface area contributed by atoms with Crippen LogP contribution in [0, 0.1) is 5.92 Å². The van der Waals surface area contributed by atoms with Gasteiger partial charge in [-0.3, -0.25) is 0 Å². The predicted molar refractivity (Wildman–Crippen MR) is 56.9 cm³/mol. The van der Waals surface area contributed by atoms with Crippen molar-refractivity contribution < 1.29 is 14.3 Å². The van der Waals surface area contributed by atoms with Crippen LogP contribution in [0.2, 0.25) is 0 Å². The zero-order valence-electron chi connectivity index (χ0n) is 11.4. The average molecular weight is 200 g/mol. The summed E-state index contributed by atoms with van der Waals surface area (Å²) in [6.45, 7) is 2.64. The minimum atomic E-state index is -2.16. The molecule has 78 valence electrons. The van der Waals surface area contributed by atoms with Crippen LogP contribution in [0.3, 0.4) is 0 Å². The van der Waals surface area contributed by atoms with Crippen LogP contribution in [0.4, 0.5) is 0 Å². The number of hydrogen-bond donors (Lipinski definition) is 2. The molecule has 2 heteroatoms. The standard InChI is InChI=1S/C12H18O2/c1-3-11(9(2)13)12(14)10-7-5-4-6-8-10/h4-9,11-14H,3H2,1-2H3/i3T,9T,12T. The molecular weight excluding hydrogens is 176 g/mol. The van der Waals surface area contributed by atoms with Crippen molar-refractivity contribution in [1.29, 1.82) is 0 Å². The van der Waals surface area contributed by atoms with Gasteiger partial charge in [0.15, 0.2) is 0 Å². The van der Waals surface area contributed by atoms with Crippen molar-refractivity contribution in [3.05, 3.63) is 35.9 Å². The molecule has 0 aliphatic heterocycles. The summed E-state index contributed by atoms with van der Waals surface area (Å²) in [5, 5.41) is 19.9. The highest BCUT2D eigenvalue weighted by Crippen LogP contribution is 2.26. The molecule has 1 aromatic rings. The molecule has 14 heavy (non-hydrogen) atoms. The first-order valence-electron chi connectivity index (χ1n) is 6.17. The Labute approximate surface area is 89.4 Å². The SMILES string of the molecule is [3H]C(C)C(C([3H])(C)O)C([3H])(O)c1ccccc1. The van der Waals surface area contributed by atoms with Crippen molar-refractivity contribution in [2.75, 3.05) is 0 Å². The second-order valence-corrected chi connectivity index (χ2v) is 3.20. The maximum absolute atomic E-state index is 10.2. The maximum Gasteiger partial charge on any atom is 0.0842 e. The van der Waals surface area contributed by atoms with Crippen LogP contribution in [0.1, 0.15) is 36.0 Å². The zero-order valence-corrected chi connectivity index (χ0v) is 8.44. The van der Waals surface area contributed by atoms with Gasteiger partial charge in [-0.15, -0.1) is 0 Å². The third kappa shape index (κ3) is 2.56. The molecule has 0 aromatic heterocycles. The monoisotopic (exact) mass is 200 g/mol. The summed E-state index contributed by atoms with van der Waals surface area (Å²) in [7, 11) is 0. The van der Waals surface area contributed by atoms with Gasteiger partial charge in [-0.2, -0.15) is 0 Å². The third-order valence-corrected chi connectivity index (χ3v) is 2.15. The molecule has 0 fully saturated rings. The fourth-order valence-corrected chi connectivity index (χ4v) is 1.39. The third-order valence-electron chi connectivity index (χ3n) is 2.15. The molecule has 0 saturated carbocycles. The minimum Gasteiger partial charge on any atom is -0.393 e. The van der Waals surface area contributed by atoms with Crippen molar-refractivity contribution in [2.45, 2.75) is 32.4 Å². The van der Waals surface area contributed by atoms with E-state index < -0.39 is 24.5 Å². The van der Waals surface area contributed by atoms with Gasteiger partial charge in [-0.1, -0.05) is 37.3 Å². The van der Waals surface area contributed by atoms with Crippen LogP contribution in [-0.4, -0.2) is 16.3 Å². The Hall–Kier alpha value is -0.860. The molecule has 0 amide bonds. The van der Waals surface area contributed by atoms with Crippen LogP contribution in [0.15, 0.2) is 30.3 Å². The van der Waals surface area contributed by atoms with E-state index in [0.717, 1.165) is 0 Å². The minimum absolute atomic E-state index is 0.275. The quantitative estimate of drug-likeness (QED) is 0.781. The van der Waals surface area contributed by atoms with Gasteiger partial charge in [0.1, 0.15) is 0 Å². The van der Waals surface area contributed by atoms with Gasteiger partial charge in [0, 0.05) is 7.29 Å². The highest BCUT2D eigenvalue weighted by Gasteiger charge is 2.23. The van der Waals surface area contributed by atoms with Crippen molar-refractivity contribution in [1.82, 2.24) is 0 Å². The van der Waals surface area contributed by atoms with Crippen LogP contribution in [0.25, 0.3) is 0 Å². The summed E-state index contributed by atoms with van der Waals surface area (Å²) in [6, 6.07) is 8.18. The fraction of sp³-hybridized carbons (Fsp3) is 0.500. The molecule has 4 atom stereocenters. The maximum atomic E-state index is 10.2. The fourth-order valence-electron chi connectivity index (χ4n) is 1.39. The van der Waals surface area contributed by atoms with Crippen LogP contribution in [0.5, 0.6) is 0 Å². The molecule has 0 aliphatic rings. The topological polar surface area (TPSA) is 40.5 Å². The summed E-state index contributed by atoms with van der Waals surface area (Å²) in [5.74, 6) is -1.22. The van der Waals surface area contributed by atoms with Gasteiger partial charge < -0.3 is 10.2 Å². The lowest BCUT2D eigenvalue weighted by atomic mass is 9.89. The number of rotatable bonds is 4. The molecule has 0 spiro atoms. The van der Waals surface area contributed by atoms with E-state index in [2.05, 4.69) is 0 Å². The van der Waals surface area contributed by atoms with Crippen LogP contribution >= 0.6 is 0 Å². The van der Waals surface area contributed by atoms with E-state index in [4.69, 9.17) is 4.11 Å². The average Bonchev–Trinajstić information content (AvgIpc) is 2.15. The number of benzene rings is 1. The van der Waals surface area contributed by atoms with Gasteiger partial charge in [0.25, 0.3) is 0 Å². The molecule has 1 aromatic carbocycles. The lowest BCUT2D eigenvalue weighted by Crippen LogP contribution is -2.23. The first-order valence-corrected chi connectivity index (χ1v) is 4.60. The number of hydrogen-bond acceptors (Lipinski definition) is 2. The molecule has 0 aliphatic carbocycles. The van der Waals surface area contributed by atoms with E-state index in [-0.39, 0.29) is 5.56 Å². The Balaban J connectivity index is 3.18. The smallest absolute Gasteiger partial charge is 0.0842 e. The zero-order chi connectivity index (χ0) is 13.3. The first kappa shape index (κ1) is 7.43. The molecule has 2 nitrogen and oxygen atoms in total. The van der Waals surface area contributed by atoms with E-state index in [9.17, 15) is 10.2 Å². The van der Waals surface area contributed by atoms with E-state index in [1.165, 1.54) is 13.8 Å². The summed E-state index contributed by atoms with van der Waals surface area (Å²) in [4.78, 5) is 0. The van der Waals surface area contributed by atoms with E-state index in [0.29, 0.717) is 0 Å². The Morgan fingerprint density at radius 2 is 1.93 bits per heavy atom. The van der Waals surface area contributed by atoms with Gasteiger partial charge in [-0.05, 0) is 18.9 Å². The molecule has 0 bridgehead atoms. The first-order chi connectivity index (χ1) is 7.67. The van der Waals surface area contributed by atoms with Gasteiger partial charge in [0.05, 0.1) is 14.9 Å². The Bertz CT molecular complexity index is 358. The largest absolute Gasteiger partial charge is 0.393 e.